The summed E-state index contributed by atoms with van der Waals surface area (Å²) in [5.41, 5.74) is 12.5. The minimum atomic E-state index is -0.313. The van der Waals surface area contributed by atoms with E-state index in [2.05, 4.69) is 167 Å². The number of nitrogens with zero attached hydrogens (tertiary/aromatic N) is 35. The Bertz CT molecular complexity index is 7790. The van der Waals surface area contributed by atoms with Crippen molar-refractivity contribution < 1.29 is 22.0 Å². The Morgan fingerprint density at radius 1 is 0.329 bits per heavy atom. The maximum absolute atomic E-state index is 13.7. The van der Waals surface area contributed by atoms with Crippen LogP contribution in [0, 0.1) is 36.0 Å². The Kier molecular flexibility index (Phi) is 26.1. The molecule has 0 amide bonds. The molecule has 1 aliphatic carbocycles. The zero-order valence-corrected chi connectivity index (χ0v) is 82.8. The molecule has 26 rings (SSSR count). The number of anilines is 5. The highest BCUT2D eigenvalue weighted by molar-refractivity contribution is 7.16. The van der Waals surface area contributed by atoms with Crippen LogP contribution in [-0.2, 0) is 11.8 Å². The summed E-state index contributed by atoms with van der Waals surface area (Å²) >= 11 is 7.86. The lowest BCUT2D eigenvalue weighted by Gasteiger charge is -2.26. The van der Waals surface area contributed by atoms with Crippen LogP contribution in [0.3, 0.4) is 0 Å². The van der Waals surface area contributed by atoms with Gasteiger partial charge in [-0.1, -0.05) is 98.2 Å². The van der Waals surface area contributed by atoms with Gasteiger partial charge in [-0.25, -0.2) is 69.4 Å². The summed E-state index contributed by atoms with van der Waals surface area (Å²) < 4.78 is 77.2. The van der Waals surface area contributed by atoms with Crippen molar-refractivity contribution in [3.8, 4) is 52.9 Å². The fraction of sp³-hybridized carbons (Fsp3) is 0.337. The summed E-state index contributed by atoms with van der Waals surface area (Å²) in [6, 6.07) is 17.9. The van der Waals surface area contributed by atoms with E-state index >= 15 is 0 Å². The lowest BCUT2D eigenvalue weighted by molar-refractivity contribution is 0.578. The molecule has 0 N–H and O–H groups in total. The molecule has 143 heavy (non-hydrogen) atoms. The molecule has 1 saturated carbocycles. The van der Waals surface area contributed by atoms with Crippen LogP contribution in [0.2, 0.25) is 0 Å². The van der Waals surface area contributed by atoms with Crippen LogP contribution in [0.1, 0.15) is 213 Å². The van der Waals surface area contributed by atoms with Crippen molar-refractivity contribution in [2.75, 3.05) is 57.2 Å². The second-order valence-corrected chi connectivity index (χ2v) is 42.2. The number of aryl methyl sites for hydroxylation is 2. The summed E-state index contributed by atoms with van der Waals surface area (Å²) in [6.07, 6.45) is 46.4. The summed E-state index contributed by atoms with van der Waals surface area (Å²) in [6.45, 7) is 18.9. The standard InChI is InChI=1S/C21H22FN7S.C20H18FN7S.C20H20FN7S.C19H18FN7S.C18H16FN7S/c1-21(2,3)20-27-26-19(30-20)15-12-24-29-8-6-17(25-18(15)29)28-7-4-5-16(28)13-9-14(22)11-23-10-13;21-14-8-13(9-22-10-14)16-2-1-6-27(16)17-5-7-28-18(24-17)15(11-23-28)20-26-25-19(29-20)12-3-4-12;1-12(2)19-25-26-20(29-19)15-11-23-28-7-5-17(24-18(15)28)27-6-3-4-16(27)13-8-14(21)10-22-9-13;1-2-17-24-25-19(28-17)14-11-22-27-7-5-16(23-18(14)27)26-6-3-4-15(26)12-8-13(20)10-21-9-12;1-11-23-24-18(27-11)14-10-21-26-6-4-16(22-17(14)26)25-5-2-3-15(25)12-7-13(19)9-20-8-12/h6,8-12,16H,4-5,7H2,1-3H3;5,7-12,16H,1-4,6H2;5,7-12,16H,3-4,6H2,1-2H3;5,7-11,15H,2-4,6H2,1H3;4,6-10,15H,2-3,5H2,1H3. The molecule has 5 saturated heterocycles. The Hall–Kier alpha value is -14.7. The van der Waals surface area contributed by atoms with Gasteiger partial charge in [-0.3, -0.25) is 24.9 Å². The highest BCUT2D eigenvalue weighted by atomic mass is 32.1. The summed E-state index contributed by atoms with van der Waals surface area (Å²) in [5, 5.41) is 74.1. The number of aromatic nitrogens is 30. The summed E-state index contributed by atoms with van der Waals surface area (Å²) in [7, 11) is 0. The molecule has 726 valence electrons. The lowest BCUT2D eigenvalue weighted by Crippen LogP contribution is -2.24. The number of hydrogen-bond donors (Lipinski definition) is 0. The average molecular weight is 2020 g/mol. The van der Waals surface area contributed by atoms with Crippen molar-refractivity contribution in [2.24, 2.45) is 0 Å². The smallest absolute Gasteiger partial charge is 0.167 e. The minimum absolute atomic E-state index is 0.0563. The maximum Gasteiger partial charge on any atom is 0.167 e. The molecule has 6 aliphatic rings. The van der Waals surface area contributed by atoms with Crippen LogP contribution in [-0.4, -0.2) is 182 Å². The number of hydrogen-bond acceptors (Lipinski definition) is 35. The number of rotatable bonds is 18. The largest absolute Gasteiger partial charge is 0.349 e. The first-order valence-electron chi connectivity index (χ1n) is 47.4. The Morgan fingerprint density at radius 3 is 0.902 bits per heavy atom. The molecule has 45 heteroatoms. The molecule has 5 atom stereocenters. The second-order valence-electron chi connectivity index (χ2n) is 37.0. The van der Waals surface area contributed by atoms with Crippen molar-refractivity contribution in [3.63, 3.8) is 0 Å². The average Bonchev–Trinajstić information content (AvgIpc) is 1.64. The molecule has 35 nitrogen and oxygen atoms in total. The maximum atomic E-state index is 13.7. The lowest BCUT2D eigenvalue weighted by atomic mass is 9.98. The Balaban J connectivity index is 0.000000102. The van der Waals surface area contributed by atoms with E-state index in [9.17, 15) is 22.0 Å². The van der Waals surface area contributed by atoms with E-state index in [4.69, 9.17) is 24.9 Å². The van der Waals surface area contributed by atoms with Gasteiger partial charge in [-0.2, -0.15) is 25.5 Å². The number of halogens is 5. The monoisotopic (exact) mass is 2020 g/mol. The van der Waals surface area contributed by atoms with Crippen molar-refractivity contribution in [1.29, 1.82) is 0 Å². The van der Waals surface area contributed by atoms with Crippen LogP contribution in [0.5, 0.6) is 0 Å². The third-order valence-corrected chi connectivity index (χ3v) is 31.6. The van der Waals surface area contributed by atoms with Crippen molar-refractivity contribution in [2.45, 2.75) is 179 Å². The zero-order valence-electron chi connectivity index (χ0n) is 78.7. The van der Waals surface area contributed by atoms with Gasteiger partial charge in [0.2, 0.25) is 0 Å². The molecule has 20 aromatic rings. The van der Waals surface area contributed by atoms with Crippen molar-refractivity contribution in [1.82, 2.24) is 149 Å². The normalized spacial score (nSPS) is 17.5. The predicted molar refractivity (Wildman–Crippen MR) is 536 cm³/mol. The second kappa shape index (κ2) is 40.0. The van der Waals surface area contributed by atoms with E-state index in [1.165, 1.54) is 55.2 Å². The molecule has 6 fully saturated rings. The van der Waals surface area contributed by atoms with E-state index in [0.717, 1.165) is 266 Å². The third kappa shape index (κ3) is 19.6. The molecular formula is C98H94F5N35S5. The number of pyridine rings is 5. The SMILES string of the molecule is CC(C)(C)c1nnc(-c2cnn3ccc(N4CCCC4c4cncc(F)c4)nc23)s1.CC(C)c1nnc(-c2cnn3ccc(N4CCCC4c4cncc(F)c4)nc23)s1.CCc1nnc(-c2cnn3ccc(N4CCCC4c4cncc(F)c4)nc23)s1.Cc1nnc(-c2cnn3ccc(N4CCCC4c4cncc(F)c4)nc23)s1.Fc1cncc(C2CCCN2c2ccn3ncc(-c4nnc(C5CC5)s4)c3n2)c1. The first-order valence-corrected chi connectivity index (χ1v) is 51.5. The molecule has 0 aromatic carbocycles. The van der Waals surface area contributed by atoms with Gasteiger partial charge in [0, 0.05) is 112 Å². The van der Waals surface area contributed by atoms with Crippen LogP contribution in [0.25, 0.3) is 81.1 Å². The van der Waals surface area contributed by atoms with Crippen molar-refractivity contribution >= 4 is 114 Å². The zero-order chi connectivity index (χ0) is 97.7. The molecule has 0 bridgehead atoms. The molecule has 20 aromatic heterocycles. The first-order chi connectivity index (χ1) is 69.7. The molecular weight excluding hydrogens is 1920 g/mol. The van der Waals surface area contributed by atoms with Gasteiger partial charge in [0.05, 0.1) is 120 Å². The fourth-order valence-electron chi connectivity index (χ4n) is 18.8. The highest BCUT2D eigenvalue weighted by Gasteiger charge is 2.37. The van der Waals surface area contributed by atoms with Gasteiger partial charge in [0.15, 0.2) is 53.3 Å². The molecule has 5 aliphatic heterocycles. The van der Waals surface area contributed by atoms with Crippen LogP contribution >= 0.6 is 56.7 Å². The molecule has 25 heterocycles. The molecule has 5 unspecified atom stereocenters. The van der Waals surface area contributed by atoms with E-state index in [1.807, 2.05) is 68.2 Å². The molecule has 0 spiro atoms. The van der Waals surface area contributed by atoms with Crippen molar-refractivity contribution in [3.05, 3.63) is 267 Å². The van der Waals surface area contributed by atoms with Crippen LogP contribution in [0.4, 0.5) is 51.0 Å². The van der Waals surface area contributed by atoms with Gasteiger partial charge in [-0.05, 0) is 179 Å². The third-order valence-electron chi connectivity index (χ3n) is 25.9. The van der Waals surface area contributed by atoms with E-state index < -0.39 is 0 Å². The number of fused-ring (bicyclic) bond motifs is 5. The van der Waals surface area contributed by atoms with E-state index in [-0.39, 0.29) is 64.7 Å². The Labute approximate surface area is 835 Å². The summed E-state index contributed by atoms with van der Waals surface area (Å²) in [5.74, 6) is 3.60. The quantitative estimate of drug-likeness (QED) is 0.0720. The van der Waals surface area contributed by atoms with Gasteiger partial charge >= 0.3 is 0 Å². The molecule has 0 radical (unpaired) electrons. The van der Waals surface area contributed by atoms with E-state index in [0.29, 0.717) is 11.8 Å². The topological polar surface area (TPSA) is 360 Å². The first kappa shape index (κ1) is 93.3. The van der Waals surface area contributed by atoms with E-state index in [1.54, 1.807) is 160 Å². The summed E-state index contributed by atoms with van der Waals surface area (Å²) in [4.78, 5) is 55.6. The van der Waals surface area contributed by atoms with Crippen LogP contribution < -0.4 is 24.5 Å². The van der Waals surface area contributed by atoms with Gasteiger partial charge in [-0.15, -0.1) is 51.0 Å². The minimum Gasteiger partial charge on any atom is -0.349 e. The fourth-order valence-corrected chi connectivity index (χ4v) is 23.1. The van der Waals surface area contributed by atoms with Gasteiger partial charge < -0.3 is 24.5 Å². The highest BCUT2D eigenvalue weighted by Crippen LogP contribution is 2.47. The Morgan fingerprint density at radius 2 is 0.622 bits per heavy atom. The van der Waals surface area contributed by atoms with Gasteiger partial charge in [0.1, 0.15) is 83.2 Å². The predicted octanol–water partition coefficient (Wildman–Crippen LogP) is 19.8. The van der Waals surface area contributed by atoms with Crippen LogP contribution in [0.15, 0.2) is 185 Å². The van der Waals surface area contributed by atoms with Gasteiger partial charge in [0.25, 0.3) is 0 Å².